The Morgan fingerprint density at radius 3 is 2.89 bits per heavy atom. The van der Waals surface area contributed by atoms with Crippen molar-refractivity contribution in [2.24, 2.45) is 0 Å². The Hall–Kier alpha value is -2.67. The van der Waals surface area contributed by atoms with Gasteiger partial charge in [0.25, 0.3) is 0 Å². The number of carbonyl (C=O) groups excluding carboxylic acids is 1. The van der Waals surface area contributed by atoms with Crippen LogP contribution in [-0.4, -0.2) is 48.1 Å². The van der Waals surface area contributed by atoms with E-state index in [0.717, 1.165) is 42.0 Å². The monoisotopic (exact) mass is 382 g/mol. The van der Waals surface area contributed by atoms with Crippen molar-refractivity contribution in [2.75, 3.05) is 27.3 Å². The molecule has 0 radical (unpaired) electrons. The topological polar surface area (TPSA) is 76.6 Å². The summed E-state index contributed by atoms with van der Waals surface area (Å²) in [5.74, 6) is 2.29. The lowest BCUT2D eigenvalue weighted by molar-refractivity contribution is -0.131. The molecule has 2 aliphatic rings. The van der Waals surface area contributed by atoms with Crippen molar-refractivity contribution < 1.29 is 14.3 Å². The van der Waals surface area contributed by atoms with E-state index in [4.69, 9.17) is 14.5 Å². The van der Waals surface area contributed by atoms with Gasteiger partial charge in [-0.1, -0.05) is 6.07 Å². The third kappa shape index (κ3) is 3.80. The van der Waals surface area contributed by atoms with Crippen LogP contribution in [0.4, 0.5) is 0 Å². The van der Waals surface area contributed by atoms with Crippen LogP contribution < -0.4 is 14.8 Å². The van der Waals surface area contributed by atoms with Crippen LogP contribution in [0.25, 0.3) is 0 Å². The van der Waals surface area contributed by atoms with E-state index < -0.39 is 0 Å². The SMILES string of the molecule is COc1ccc(CC(=O)N2CCc3nc(C4CCCN4)ncc3C2)cc1OC. The molecule has 7 heteroatoms. The van der Waals surface area contributed by atoms with Crippen LogP contribution in [0.15, 0.2) is 24.4 Å². The average molecular weight is 382 g/mol. The number of hydrogen-bond donors (Lipinski definition) is 1. The number of benzene rings is 1. The molecule has 0 spiro atoms. The van der Waals surface area contributed by atoms with Crippen molar-refractivity contribution in [3.05, 3.63) is 47.0 Å². The van der Waals surface area contributed by atoms with Crippen LogP contribution >= 0.6 is 0 Å². The van der Waals surface area contributed by atoms with Gasteiger partial charge in [-0.3, -0.25) is 4.79 Å². The maximum Gasteiger partial charge on any atom is 0.227 e. The second kappa shape index (κ2) is 8.14. The molecule has 1 saturated heterocycles. The molecule has 7 nitrogen and oxygen atoms in total. The van der Waals surface area contributed by atoms with Gasteiger partial charge in [0.15, 0.2) is 11.5 Å². The summed E-state index contributed by atoms with van der Waals surface area (Å²) in [6, 6.07) is 5.87. The zero-order chi connectivity index (χ0) is 19.5. The summed E-state index contributed by atoms with van der Waals surface area (Å²) in [6.45, 7) is 2.29. The lowest BCUT2D eigenvalue weighted by atomic mass is 10.0. The first-order valence-corrected chi connectivity index (χ1v) is 9.74. The number of hydrogen-bond acceptors (Lipinski definition) is 6. The molecule has 148 valence electrons. The second-order valence-electron chi connectivity index (χ2n) is 7.28. The normalized spacial score (nSPS) is 18.6. The van der Waals surface area contributed by atoms with E-state index in [1.807, 2.05) is 29.3 Å². The van der Waals surface area contributed by atoms with E-state index in [1.165, 1.54) is 6.42 Å². The van der Waals surface area contributed by atoms with Gasteiger partial charge < -0.3 is 19.7 Å². The molecular formula is C21H26N4O3. The molecule has 3 heterocycles. The van der Waals surface area contributed by atoms with Gasteiger partial charge in [0.1, 0.15) is 5.82 Å². The summed E-state index contributed by atoms with van der Waals surface area (Å²) >= 11 is 0. The highest BCUT2D eigenvalue weighted by Crippen LogP contribution is 2.28. The molecule has 0 saturated carbocycles. The number of ether oxygens (including phenoxy) is 2. The number of nitrogens with zero attached hydrogens (tertiary/aromatic N) is 3. The molecule has 28 heavy (non-hydrogen) atoms. The smallest absolute Gasteiger partial charge is 0.227 e. The lowest BCUT2D eigenvalue weighted by Crippen LogP contribution is -2.37. The molecule has 0 bridgehead atoms. The Morgan fingerprint density at radius 2 is 2.14 bits per heavy atom. The van der Waals surface area contributed by atoms with E-state index in [-0.39, 0.29) is 11.9 Å². The maximum absolute atomic E-state index is 12.8. The zero-order valence-electron chi connectivity index (χ0n) is 16.4. The van der Waals surface area contributed by atoms with Gasteiger partial charge in [0.05, 0.1) is 32.4 Å². The number of amides is 1. The first-order chi connectivity index (χ1) is 13.7. The summed E-state index contributed by atoms with van der Waals surface area (Å²) in [4.78, 5) is 24.0. The predicted octanol–water partition coefficient (Wildman–Crippen LogP) is 2.05. The Morgan fingerprint density at radius 1 is 1.29 bits per heavy atom. The summed E-state index contributed by atoms with van der Waals surface area (Å²) in [7, 11) is 3.20. The fraction of sp³-hybridized carbons (Fsp3) is 0.476. The van der Waals surface area contributed by atoms with Gasteiger partial charge >= 0.3 is 0 Å². The molecule has 1 aromatic carbocycles. The number of rotatable bonds is 5. The van der Waals surface area contributed by atoms with E-state index in [2.05, 4.69) is 10.3 Å². The van der Waals surface area contributed by atoms with Crippen LogP contribution in [-0.2, 0) is 24.2 Å². The highest BCUT2D eigenvalue weighted by Gasteiger charge is 2.25. The van der Waals surface area contributed by atoms with Gasteiger partial charge in [0.2, 0.25) is 5.91 Å². The lowest BCUT2D eigenvalue weighted by Gasteiger charge is -2.28. The molecular weight excluding hydrogens is 356 g/mol. The summed E-state index contributed by atoms with van der Waals surface area (Å²) in [6.07, 6.45) is 5.27. The van der Waals surface area contributed by atoms with Crippen molar-refractivity contribution in [1.82, 2.24) is 20.2 Å². The van der Waals surface area contributed by atoms with Crippen LogP contribution in [0.2, 0.25) is 0 Å². The largest absolute Gasteiger partial charge is 0.493 e. The third-order valence-electron chi connectivity index (χ3n) is 5.48. The van der Waals surface area contributed by atoms with Crippen LogP contribution in [0.5, 0.6) is 11.5 Å². The third-order valence-corrected chi connectivity index (χ3v) is 5.48. The minimum atomic E-state index is 0.0967. The van der Waals surface area contributed by atoms with Gasteiger partial charge in [-0.15, -0.1) is 0 Å². The molecule has 1 fully saturated rings. The Balaban J connectivity index is 1.43. The minimum absolute atomic E-state index is 0.0967. The van der Waals surface area contributed by atoms with Gasteiger partial charge in [-0.05, 0) is 37.1 Å². The first kappa shape index (κ1) is 18.7. The number of methoxy groups -OCH3 is 2. The highest BCUT2D eigenvalue weighted by molar-refractivity contribution is 5.79. The van der Waals surface area contributed by atoms with Crippen LogP contribution in [0, 0.1) is 0 Å². The van der Waals surface area contributed by atoms with Crippen molar-refractivity contribution >= 4 is 5.91 Å². The molecule has 1 unspecified atom stereocenters. The molecule has 4 rings (SSSR count). The minimum Gasteiger partial charge on any atom is -0.493 e. The van der Waals surface area contributed by atoms with Crippen LogP contribution in [0.3, 0.4) is 0 Å². The van der Waals surface area contributed by atoms with Crippen molar-refractivity contribution in [1.29, 1.82) is 0 Å². The Kier molecular flexibility index (Phi) is 5.43. The number of aromatic nitrogens is 2. The molecule has 1 atom stereocenters. The molecule has 2 aliphatic heterocycles. The molecule has 1 amide bonds. The summed E-state index contributed by atoms with van der Waals surface area (Å²) < 4.78 is 10.6. The number of fused-ring (bicyclic) bond motifs is 1. The zero-order valence-corrected chi connectivity index (χ0v) is 16.4. The van der Waals surface area contributed by atoms with Gasteiger partial charge in [-0.25, -0.2) is 9.97 Å². The fourth-order valence-electron chi connectivity index (χ4n) is 3.89. The molecule has 1 aromatic heterocycles. The standard InChI is InChI=1S/C21H26N4O3/c1-27-18-6-5-14(10-19(18)28-2)11-20(26)25-9-7-16-15(13-25)12-23-21(24-16)17-4-3-8-22-17/h5-6,10,12,17,22H,3-4,7-9,11,13H2,1-2H3. The van der Waals surface area contributed by atoms with Crippen molar-refractivity contribution in [2.45, 2.75) is 38.3 Å². The summed E-state index contributed by atoms with van der Waals surface area (Å²) in [5, 5.41) is 3.44. The highest BCUT2D eigenvalue weighted by atomic mass is 16.5. The Labute approximate surface area is 165 Å². The van der Waals surface area contributed by atoms with E-state index in [1.54, 1.807) is 14.2 Å². The van der Waals surface area contributed by atoms with E-state index in [9.17, 15) is 4.79 Å². The average Bonchev–Trinajstić information content (AvgIpc) is 3.27. The summed E-state index contributed by atoms with van der Waals surface area (Å²) in [5.41, 5.74) is 3.04. The predicted molar refractivity (Wildman–Crippen MR) is 104 cm³/mol. The fourth-order valence-corrected chi connectivity index (χ4v) is 3.89. The number of nitrogens with one attached hydrogen (secondary N) is 1. The van der Waals surface area contributed by atoms with Crippen molar-refractivity contribution in [3.8, 4) is 11.5 Å². The van der Waals surface area contributed by atoms with E-state index >= 15 is 0 Å². The number of carbonyl (C=O) groups is 1. The molecule has 2 aromatic rings. The molecule has 0 aliphatic carbocycles. The van der Waals surface area contributed by atoms with Crippen molar-refractivity contribution in [3.63, 3.8) is 0 Å². The second-order valence-corrected chi connectivity index (χ2v) is 7.28. The van der Waals surface area contributed by atoms with Crippen LogP contribution in [0.1, 0.15) is 41.5 Å². The molecule has 1 N–H and O–H groups in total. The quantitative estimate of drug-likeness (QED) is 0.853. The van der Waals surface area contributed by atoms with Gasteiger partial charge in [-0.2, -0.15) is 0 Å². The first-order valence-electron chi connectivity index (χ1n) is 9.74. The van der Waals surface area contributed by atoms with E-state index in [0.29, 0.717) is 31.0 Å². The maximum atomic E-state index is 12.8. The Bertz CT molecular complexity index is 865. The van der Waals surface area contributed by atoms with Gasteiger partial charge in [0, 0.05) is 31.3 Å².